The molecule has 0 radical (unpaired) electrons. The summed E-state index contributed by atoms with van der Waals surface area (Å²) in [7, 11) is -3.67. The number of esters is 1. The second-order valence-electron chi connectivity index (χ2n) is 3.66. The zero-order valence-corrected chi connectivity index (χ0v) is 9.75. The summed E-state index contributed by atoms with van der Waals surface area (Å²) in [5.41, 5.74) is -0.458. The van der Waals surface area contributed by atoms with E-state index in [0.717, 1.165) is 12.1 Å². The summed E-state index contributed by atoms with van der Waals surface area (Å²) in [4.78, 5) is 11.5. The molecule has 0 aliphatic carbocycles. The first-order chi connectivity index (χ1) is 8.37. The zero-order chi connectivity index (χ0) is 13.3. The fourth-order valence-electron chi connectivity index (χ4n) is 1.44. The van der Waals surface area contributed by atoms with Crippen molar-refractivity contribution in [2.24, 2.45) is 0 Å². The third kappa shape index (κ3) is 2.82. The molecule has 1 aliphatic heterocycles. The van der Waals surface area contributed by atoms with Crippen LogP contribution in [-0.4, -0.2) is 32.9 Å². The fourth-order valence-corrected chi connectivity index (χ4v) is 2.52. The quantitative estimate of drug-likeness (QED) is 0.592. The second kappa shape index (κ2) is 4.62. The molecule has 0 N–H and O–H groups in total. The van der Waals surface area contributed by atoms with Gasteiger partial charge in [-0.05, 0) is 12.1 Å². The minimum atomic E-state index is -3.67. The van der Waals surface area contributed by atoms with Crippen molar-refractivity contribution < 1.29 is 30.9 Å². The van der Waals surface area contributed by atoms with Crippen molar-refractivity contribution in [1.29, 1.82) is 0 Å². The maximum absolute atomic E-state index is 13.2. The molecule has 0 aromatic heterocycles. The molecule has 1 fully saturated rings. The Morgan fingerprint density at radius 1 is 1.39 bits per heavy atom. The van der Waals surface area contributed by atoms with Crippen molar-refractivity contribution in [3.8, 4) is 0 Å². The molecule has 8 heteroatoms. The van der Waals surface area contributed by atoms with E-state index in [-0.39, 0.29) is 6.61 Å². The minimum Gasteiger partial charge on any atom is -0.455 e. The predicted molar refractivity (Wildman–Crippen MR) is 55.3 cm³/mol. The molecule has 0 bridgehead atoms. The molecule has 0 amide bonds. The molecule has 2 rings (SSSR count). The van der Waals surface area contributed by atoms with E-state index in [0.29, 0.717) is 6.07 Å². The van der Waals surface area contributed by atoms with Gasteiger partial charge in [0.05, 0.1) is 5.56 Å². The van der Waals surface area contributed by atoms with Gasteiger partial charge in [-0.15, -0.1) is 0 Å². The van der Waals surface area contributed by atoms with Crippen LogP contribution >= 0.6 is 0 Å². The van der Waals surface area contributed by atoms with Crippen LogP contribution in [0.25, 0.3) is 0 Å². The third-order valence-corrected chi connectivity index (χ3v) is 3.52. The van der Waals surface area contributed by atoms with Crippen LogP contribution in [0.5, 0.6) is 0 Å². The maximum Gasteiger partial charge on any atom is 0.341 e. The summed E-state index contributed by atoms with van der Waals surface area (Å²) in [5, 5.41) is 0. The van der Waals surface area contributed by atoms with Crippen molar-refractivity contribution in [3.05, 3.63) is 35.4 Å². The molecular formula is C10H8F2O5S. The first-order valence-electron chi connectivity index (χ1n) is 4.90. The number of halogens is 2. The first-order valence-corrected chi connectivity index (χ1v) is 6.48. The topological polar surface area (TPSA) is 69.7 Å². The molecule has 1 aromatic rings. The SMILES string of the molecule is O=C(OC1COS(=O)(=O)C1)c1ccc(F)cc1F. The van der Waals surface area contributed by atoms with E-state index >= 15 is 0 Å². The first kappa shape index (κ1) is 12.9. The lowest BCUT2D eigenvalue weighted by Gasteiger charge is -2.09. The van der Waals surface area contributed by atoms with E-state index in [9.17, 15) is 22.0 Å². The van der Waals surface area contributed by atoms with Crippen LogP contribution in [0.2, 0.25) is 0 Å². The molecule has 18 heavy (non-hydrogen) atoms. The van der Waals surface area contributed by atoms with Gasteiger partial charge in [-0.1, -0.05) is 0 Å². The van der Waals surface area contributed by atoms with E-state index in [1.807, 2.05) is 0 Å². The minimum absolute atomic E-state index is 0.295. The van der Waals surface area contributed by atoms with Crippen LogP contribution in [0.4, 0.5) is 8.78 Å². The Labute approximate surface area is 101 Å². The summed E-state index contributed by atoms with van der Waals surface area (Å²) in [6.45, 7) is -0.295. The van der Waals surface area contributed by atoms with E-state index in [1.165, 1.54) is 0 Å². The average Bonchev–Trinajstić information content (AvgIpc) is 2.57. The molecule has 1 aliphatic rings. The van der Waals surface area contributed by atoms with Crippen molar-refractivity contribution in [1.82, 2.24) is 0 Å². The van der Waals surface area contributed by atoms with Crippen LogP contribution < -0.4 is 0 Å². The van der Waals surface area contributed by atoms with E-state index < -0.39 is 45.1 Å². The van der Waals surface area contributed by atoms with E-state index in [4.69, 9.17) is 4.74 Å². The van der Waals surface area contributed by atoms with Crippen LogP contribution in [0.3, 0.4) is 0 Å². The van der Waals surface area contributed by atoms with Crippen LogP contribution in [0, 0.1) is 11.6 Å². The van der Waals surface area contributed by atoms with Crippen molar-refractivity contribution >= 4 is 16.1 Å². The normalized spacial score (nSPS) is 21.8. The standard InChI is InChI=1S/C10H8F2O5S/c11-6-1-2-8(9(12)3-6)10(13)17-7-4-16-18(14,15)5-7/h1-3,7H,4-5H2. The number of carbonyl (C=O) groups excluding carboxylic acids is 1. The van der Waals surface area contributed by atoms with Gasteiger partial charge in [0.15, 0.2) is 0 Å². The second-order valence-corrected chi connectivity index (χ2v) is 5.34. The average molecular weight is 278 g/mol. The highest BCUT2D eigenvalue weighted by Crippen LogP contribution is 2.16. The number of hydrogen-bond donors (Lipinski definition) is 0. The summed E-state index contributed by atoms with van der Waals surface area (Å²) in [6.07, 6.45) is -0.980. The predicted octanol–water partition coefficient (Wildman–Crippen LogP) is 0.850. The van der Waals surface area contributed by atoms with E-state index in [2.05, 4.69) is 4.18 Å². The number of hydrogen-bond acceptors (Lipinski definition) is 5. The van der Waals surface area contributed by atoms with Crippen LogP contribution in [0.15, 0.2) is 18.2 Å². The van der Waals surface area contributed by atoms with Crippen LogP contribution in [-0.2, 0) is 19.0 Å². The maximum atomic E-state index is 13.2. The Hall–Kier alpha value is -1.54. The molecule has 5 nitrogen and oxygen atoms in total. The lowest BCUT2D eigenvalue weighted by Crippen LogP contribution is -2.22. The van der Waals surface area contributed by atoms with Crippen molar-refractivity contribution in [2.75, 3.05) is 12.4 Å². The van der Waals surface area contributed by atoms with Gasteiger partial charge in [0.25, 0.3) is 10.1 Å². The molecule has 1 aromatic carbocycles. The Bertz CT molecular complexity index is 584. The molecular weight excluding hydrogens is 270 g/mol. The molecule has 1 atom stereocenters. The number of benzene rings is 1. The van der Waals surface area contributed by atoms with Crippen molar-refractivity contribution in [2.45, 2.75) is 6.10 Å². The Kier molecular flexibility index (Phi) is 3.31. The molecule has 98 valence electrons. The zero-order valence-electron chi connectivity index (χ0n) is 8.93. The van der Waals surface area contributed by atoms with Crippen LogP contribution in [0.1, 0.15) is 10.4 Å². The summed E-state index contributed by atoms with van der Waals surface area (Å²) in [5.74, 6) is -3.42. The van der Waals surface area contributed by atoms with Gasteiger partial charge in [-0.2, -0.15) is 8.42 Å². The third-order valence-electron chi connectivity index (χ3n) is 2.25. The van der Waals surface area contributed by atoms with Gasteiger partial charge in [0, 0.05) is 6.07 Å². The summed E-state index contributed by atoms with van der Waals surface area (Å²) >= 11 is 0. The van der Waals surface area contributed by atoms with Gasteiger partial charge < -0.3 is 4.74 Å². The monoisotopic (exact) mass is 278 g/mol. The van der Waals surface area contributed by atoms with Gasteiger partial charge in [0.2, 0.25) is 0 Å². The highest BCUT2D eigenvalue weighted by Gasteiger charge is 2.32. The van der Waals surface area contributed by atoms with Gasteiger partial charge in [-0.3, -0.25) is 4.18 Å². The molecule has 0 saturated carbocycles. The Morgan fingerprint density at radius 3 is 2.67 bits per heavy atom. The lowest BCUT2D eigenvalue weighted by atomic mass is 10.2. The number of ether oxygens (including phenoxy) is 1. The van der Waals surface area contributed by atoms with E-state index in [1.54, 1.807) is 0 Å². The Morgan fingerprint density at radius 2 is 2.11 bits per heavy atom. The van der Waals surface area contributed by atoms with Gasteiger partial charge in [0.1, 0.15) is 30.1 Å². The lowest BCUT2D eigenvalue weighted by molar-refractivity contribution is 0.0297. The smallest absolute Gasteiger partial charge is 0.341 e. The van der Waals surface area contributed by atoms with Gasteiger partial charge in [-0.25, -0.2) is 13.6 Å². The number of carbonyl (C=O) groups is 1. The van der Waals surface area contributed by atoms with Gasteiger partial charge >= 0.3 is 5.97 Å². The largest absolute Gasteiger partial charge is 0.455 e. The molecule has 1 saturated heterocycles. The summed E-state index contributed by atoms with van der Waals surface area (Å²) in [6, 6.07) is 2.37. The Balaban J connectivity index is 2.09. The highest BCUT2D eigenvalue weighted by atomic mass is 32.2. The van der Waals surface area contributed by atoms with Crippen molar-refractivity contribution in [3.63, 3.8) is 0 Å². The fraction of sp³-hybridized carbons (Fsp3) is 0.300. The molecule has 1 unspecified atom stereocenters. The molecule has 0 spiro atoms. The number of rotatable bonds is 2. The highest BCUT2D eigenvalue weighted by molar-refractivity contribution is 7.87. The summed E-state index contributed by atoms with van der Waals surface area (Å²) < 4.78 is 56.9. The molecule has 1 heterocycles.